The van der Waals surface area contributed by atoms with Crippen LogP contribution in [-0.4, -0.2) is 4.21 Å². The molecular weight excluding hydrogens is 584 g/mol. The minimum absolute atomic E-state index is 0.273. The van der Waals surface area contributed by atoms with E-state index < -0.39 is 0 Å². The van der Waals surface area contributed by atoms with Gasteiger partial charge in [-0.05, 0) is 29.7 Å². The Morgan fingerprint density at radius 1 is 0.690 bits per heavy atom. The first-order chi connectivity index (χ1) is 19.9. The monoisotopic (exact) mass is 628 g/mol. The Balaban J connectivity index is 0.000000203. The number of benzene rings is 4. The van der Waals surface area contributed by atoms with E-state index in [1.54, 1.807) is 0 Å². The van der Waals surface area contributed by atoms with E-state index in [-0.39, 0.29) is 10.8 Å². The normalized spacial score (nSPS) is 12.1. The molecule has 1 heteroatoms. The summed E-state index contributed by atoms with van der Waals surface area (Å²) in [5.41, 5.74) is 11.4. The number of hydrogen-bond donors (Lipinski definition) is 0. The van der Waals surface area contributed by atoms with Crippen LogP contribution in [0.25, 0.3) is 11.1 Å². The van der Waals surface area contributed by atoms with E-state index in [0.29, 0.717) is 0 Å². The molecule has 0 amide bonds. The van der Waals surface area contributed by atoms with Crippen LogP contribution in [0.5, 0.6) is 0 Å². The van der Waals surface area contributed by atoms with E-state index in [1.165, 1.54) is 68.7 Å². The first kappa shape index (κ1) is 35.3. The summed E-state index contributed by atoms with van der Waals surface area (Å²) >= 11 is 1.30. The molecule has 0 heterocycles. The Morgan fingerprint density at radius 2 is 1.21 bits per heavy atom. The molecule has 0 radical (unpaired) electrons. The van der Waals surface area contributed by atoms with E-state index in [2.05, 4.69) is 145 Å². The fourth-order valence-corrected chi connectivity index (χ4v) is 4.48. The SMILES string of the molecule is CC(C)(C)c1cc[c-]cc1.CC(C)(C)c1cc[c-]cc1.Cc1[c-]c2c(cc1)-c1ccc(C)cc1C2.[C-]1=CC=CC1.[CH2]=[Zr]. The van der Waals surface area contributed by atoms with Crippen molar-refractivity contribution >= 4 is 4.21 Å². The molecule has 0 aromatic heterocycles. The van der Waals surface area contributed by atoms with Gasteiger partial charge in [-0.15, -0.1) is 17.5 Å². The molecule has 42 heavy (non-hydrogen) atoms. The van der Waals surface area contributed by atoms with Crippen molar-refractivity contribution in [2.24, 2.45) is 0 Å². The van der Waals surface area contributed by atoms with Crippen LogP contribution in [0.3, 0.4) is 0 Å². The van der Waals surface area contributed by atoms with Crippen molar-refractivity contribution in [1.29, 1.82) is 0 Å². The summed E-state index contributed by atoms with van der Waals surface area (Å²) in [6.07, 6.45) is 11.0. The van der Waals surface area contributed by atoms with Gasteiger partial charge in [0.05, 0.1) is 0 Å². The summed E-state index contributed by atoms with van der Waals surface area (Å²) in [7, 11) is 0. The molecule has 2 aliphatic rings. The third kappa shape index (κ3) is 11.8. The van der Waals surface area contributed by atoms with Gasteiger partial charge in [0.1, 0.15) is 0 Å². The molecule has 0 atom stereocenters. The Bertz CT molecular complexity index is 1300. The summed E-state index contributed by atoms with van der Waals surface area (Å²) < 4.78 is 3.34. The van der Waals surface area contributed by atoms with Gasteiger partial charge in [-0.2, -0.15) is 102 Å². The van der Waals surface area contributed by atoms with Crippen LogP contribution in [0.1, 0.15) is 81.3 Å². The van der Waals surface area contributed by atoms with Crippen molar-refractivity contribution in [3.05, 3.63) is 155 Å². The zero-order chi connectivity index (χ0) is 31.2. The van der Waals surface area contributed by atoms with Crippen LogP contribution in [-0.2, 0) is 41.5 Å². The molecule has 0 saturated carbocycles. The molecule has 0 nitrogen and oxygen atoms in total. The van der Waals surface area contributed by atoms with Crippen molar-refractivity contribution in [1.82, 2.24) is 0 Å². The Kier molecular flexibility index (Phi) is 14.5. The Morgan fingerprint density at radius 3 is 1.62 bits per heavy atom. The summed E-state index contributed by atoms with van der Waals surface area (Å²) in [5, 5.41) is 0. The number of fused-ring (bicyclic) bond motifs is 3. The standard InChI is InChI=1S/C15H13.2C10H13.C5H5.CH2.Zr/c1-10-3-5-14-12(7-10)9-13-8-11(2)4-6-15(13)14;2*1-10(2,3)9-7-5-4-6-8-9;1-2-4-5-3-1;;/h3-7H,9H2,1-2H3;2*5-8H,1-3H3;1-3H,4H2;1H2;/q4*-1;;. The van der Waals surface area contributed by atoms with Gasteiger partial charge in [0.2, 0.25) is 0 Å². The number of hydrogen-bond acceptors (Lipinski definition) is 0. The van der Waals surface area contributed by atoms with E-state index in [4.69, 9.17) is 0 Å². The van der Waals surface area contributed by atoms with Gasteiger partial charge in [-0.1, -0.05) is 77.8 Å². The van der Waals surface area contributed by atoms with Crippen LogP contribution in [0.4, 0.5) is 0 Å². The van der Waals surface area contributed by atoms with Gasteiger partial charge < -0.3 is 0 Å². The predicted octanol–water partition coefficient (Wildman–Crippen LogP) is 10.5. The summed E-state index contributed by atoms with van der Waals surface area (Å²) in [6, 6.07) is 36.8. The number of rotatable bonds is 0. The molecule has 0 spiro atoms. The second kappa shape index (κ2) is 17.3. The molecule has 2 aliphatic carbocycles. The van der Waals surface area contributed by atoms with Crippen LogP contribution in [0.15, 0.2) is 97.1 Å². The third-order valence-electron chi connectivity index (χ3n) is 6.85. The van der Waals surface area contributed by atoms with Crippen molar-refractivity contribution < 1.29 is 24.2 Å². The minimum atomic E-state index is 0.273. The number of allylic oxidation sites excluding steroid dienone is 4. The topological polar surface area (TPSA) is 0 Å². The molecular formula is C41H46Zr-4. The summed E-state index contributed by atoms with van der Waals surface area (Å²) in [6.45, 7) is 17.5. The Hall–Kier alpha value is -2.89. The average molecular weight is 630 g/mol. The van der Waals surface area contributed by atoms with Gasteiger partial charge in [0.25, 0.3) is 0 Å². The maximum absolute atomic E-state index is 3.45. The summed E-state index contributed by atoms with van der Waals surface area (Å²) in [5.74, 6) is 0. The zero-order valence-corrected chi connectivity index (χ0v) is 29.3. The van der Waals surface area contributed by atoms with E-state index in [9.17, 15) is 0 Å². The van der Waals surface area contributed by atoms with E-state index in [0.717, 1.165) is 12.8 Å². The molecule has 0 unspecified atom stereocenters. The first-order valence-corrected chi connectivity index (χ1v) is 16.3. The molecule has 0 bridgehead atoms. The molecule has 0 N–H and O–H groups in total. The zero-order valence-electron chi connectivity index (χ0n) is 26.9. The summed E-state index contributed by atoms with van der Waals surface area (Å²) in [4.78, 5) is 0. The second-order valence-electron chi connectivity index (χ2n) is 12.5. The van der Waals surface area contributed by atoms with E-state index in [1.807, 2.05) is 36.4 Å². The van der Waals surface area contributed by atoms with Crippen LogP contribution in [0.2, 0.25) is 0 Å². The average Bonchev–Trinajstić information content (AvgIpc) is 3.66. The van der Waals surface area contributed by atoms with Gasteiger partial charge in [0, 0.05) is 0 Å². The molecule has 4 aromatic rings. The van der Waals surface area contributed by atoms with Crippen molar-refractivity contribution in [3.63, 3.8) is 0 Å². The first-order valence-electron chi connectivity index (χ1n) is 14.6. The van der Waals surface area contributed by atoms with Crippen LogP contribution < -0.4 is 0 Å². The quantitative estimate of drug-likeness (QED) is 0.150. The molecule has 0 aliphatic heterocycles. The van der Waals surface area contributed by atoms with Crippen LogP contribution >= 0.6 is 0 Å². The second-order valence-corrected chi connectivity index (χ2v) is 12.5. The molecule has 218 valence electrons. The van der Waals surface area contributed by atoms with Gasteiger partial charge in [0.15, 0.2) is 0 Å². The van der Waals surface area contributed by atoms with Gasteiger partial charge in [-0.25, -0.2) is 12.2 Å². The maximum atomic E-state index is 3.45. The van der Waals surface area contributed by atoms with Crippen molar-refractivity contribution in [2.75, 3.05) is 0 Å². The molecule has 0 fully saturated rings. The third-order valence-corrected chi connectivity index (χ3v) is 6.85. The van der Waals surface area contributed by atoms with Gasteiger partial charge >= 0.3 is 28.4 Å². The molecule has 0 saturated heterocycles. The van der Waals surface area contributed by atoms with Crippen molar-refractivity contribution in [3.8, 4) is 11.1 Å². The van der Waals surface area contributed by atoms with Gasteiger partial charge in [-0.3, -0.25) is 6.08 Å². The van der Waals surface area contributed by atoms with Crippen molar-refractivity contribution in [2.45, 2.75) is 79.1 Å². The molecule has 6 rings (SSSR count). The molecule has 4 aromatic carbocycles. The predicted molar refractivity (Wildman–Crippen MR) is 180 cm³/mol. The fourth-order valence-electron chi connectivity index (χ4n) is 4.48. The Labute approximate surface area is 272 Å². The number of aryl methyl sites for hydroxylation is 2. The van der Waals surface area contributed by atoms with E-state index >= 15 is 0 Å². The fraction of sp³-hybridized carbons (Fsp3) is 0.293. The van der Waals surface area contributed by atoms with Crippen LogP contribution in [0, 0.1) is 38.1 Å².